The number of nitrogens with one attached hydrogen (secondary N) is 3. The Morgan fingerprint density at radius 3 is 2.77 bits per heavy atom. The maximum atomic E-state index is 11.9. The lowest BCUT2D eigenvalue weighted by atomic mass is 10.2. The van der Waals surface area contributed by atoms with E-state index in [9.17, 15) is 13.2 Å². The third-order valence-electron chi connectivity index (χ3n) is 3.25. The van der Waals surface area contributed by atoms with Crippen LogP contribution in [0.3, 0.4) is 0 Å². The molecule has 1 aliphatic rings. The quantitative estimate of drug-likeness (QED) is 0.610. The van der Waals surface area contributed by atoms with Gasteiger partial charge in [-0.3, -0.25) is 4.79 Å². The van der Waals surface area contributed by atoms with Gasteiger partial charge in [-0.1, -0.05) is 30.3 Å². The molecule has 1 saturated heterocycles. The zero-order chi connectivity index (χ0) is 15.8. The Bertz CT molecular complexity index is 571. The smallest absolute Gasteiger partial charge is 0.239 e. The van der Waals surface area contributed by atoms with Gasteiger partial charge in [-0.2, -0.15) is 0 Å². The van der Waals surface area contributed by atoms with Crippen LogP contribution in [0.15, 0.2) is 30.3 Å². The summed E-state index contributed by atoms with van der Waals surface area (Å²) in [5.41, 5.74) is 0.888. The highest BCUT2D eigenvalue weighted by molar-refractivity contribution is 7.89. The summed E-state index contributed by atoms with van der Waals surface area (Å²) in [4.78, 5) is 11.8. The van der Waals surface area contributed by atoms with Crippen molar-refractivity contribution < 1.29 is 17.9 Å². The molecule has 1 amide bonds. The molecule has 1 heterocycles. The van der Waals surface area contributed by atoms with Crippen LogP contribution in [0.25, 0.3) is 0 Å². The molecule has 1 unspecified atom stereocenters. The predicted molar refractivity (Wildman–Crippen MR) is 82.7 cm³/mol. The molecule has 7 nitrogen and oxygen atoms in total. The first kappa shape index (κ1) is 16.9. The molecule has 1 aromatic carbocycles. The minimum Gasteiger partial charge on any atom is -0.378 e. The molecular formula is C14H21N3O4S. The van der Waals surface area contributed by atoms with Crippen LogP contribution in [0.2, 0.25) is 0 Å². The van der Waals surface area contributed by atoms with Crippen LogP contribution in [0.5, 0.6) is 0 Å². The second-order valence-corrected chi connectivity index (χ2v) is 6.92. The Kier molecular flexibility index (Phi) is 6.32. The van der Waals surface area contributed by atoms with Gasteiger partial charge in [0, 0.05) is 19.6 Å². The molecule has 1 aliphatic heterocycles. The van der Waals surface area contributed by atoms with E-state index in [-0.39, 0.29) is 24.7 Å². The summed E-state index contributed by atoms with van der Waals surface area (Å²) in [5.74, 6) is -0.392. The van der Waals surface area contributed by atoms with Crippen molar-refractivity contribution in [2.75, 3.05) is 32.1 Å². The van der Waals surface area contributed by atoms with Gasteiger partial charge in [-0.15, -0.1) is 0 Å². The molecule has 0 aliphatic carbocycles. The molecule has 0 aromatic heterocycles. The standard InChI is InChI=1S/C14H21N3O4S/c18-14(13-11-21-8-6-15-13)16-7-9-22(19,20)17-10-12-4-2-1-3-5-12/h1-5,13,15,17H,6-11H2,(H,16,18). The summed E-state index contributed by atoms with van der Waals surface area (Å²) < 4.78 is 31.4. The lowest BCUT2D eigenvalue weighted by molar-refractivity contribution is -0.125. The third-order valence-corrected chi connectivity index (χ3v) is 4.57. The SMILES string of the molecule is O=C(NCCS(=O)(=O)NCc1ccccc1)C1COCCN1. The van der Waals surface area contributed by atoms with Gasteiger partial charge in [0.2, 0.25) is 15.9 Å². The van der Waals surface area contributed by atoms with Crippen molar-refractivity contribution in [1.82, 2.24) is 15.4 Å². The van der Waals surface area contributed by atoms with E-state index in [1.54, 1.807) is 0 Å². The van der Waals surface area contributed by atoms with Crippen LogP contribution >= 0.6 is 0 Å². The second kappa shape index (κ2) is 8.23. The molecule has 0 radical (unpaired) electrons. The van der Waals surface area contributed by atoms with Crippen molar-refractivity contribution in [3.05, 3.63) is 35.9 Å². The van der Waals surface area contributed by atoms with Crippen molar-refractivity contribution >= 4 is 15.9 Å². The van der Waals surface area contributed by atoms with Gasteiger partial charge in [-0.25, -0.2) is 13.1 Å². The fourth-order valence-electron chi connectivity index (χ4n) is 2.03. The van der Waals surface area contributed by atoms with E-state index in [1.165, 1.54) is 0 Å². The maximum Gasteiger partial charge on any atom is 0.239 e. The molecule has 3 N–H and O–H groups in total. The van der Waals surface area contributed by atoms with Crippen molar-refractivity contribution in [3.8, 4) is 0 Å². The summed E-state index contributed by atoms with van der Waals surface area (Å²) >= 11 is 0. The Labute approximate surface area is 130 Å². The summed E-state index contributed by atoms with van der Waals surface area (Å²) in [6.45, 7) is 1.83. The first-order valence-corrected chi connectivity index (χ1v) is 8.82. The number of carbonyl (C=O) groups is 1. The highest BCUT2D eigenvalue weighted by atomic mass is 32.2. The second-order valence-electron chi connectivity index (χ2n) is 5.00. The minimum absolute atomic E-state index is 0.0706. The van der Waals surface area contributed by atoms with Gasteiger partial charge < -0.3 is 15.4 Å². The Hall–Kier alpha value is -1.48. The van der Waals surface area contributed by atoms with E-state index in [4.69, 9.17) is 4.74 Å². The normalized spacial score (nSPS) is 18.8. The Morgan fingerprint density at radius 2 is 2.09 bits per heavy atom. The largest absolute Gasteiger partial charge is 0.378 e. The summed E-state index contributed by atoms with van der Waals surface area (Å²) in [6.07, 6.45) is 0. The summed E-state index contributed by atoms with van der Waals surface area (Å²) in [7, 11) is -3.42. The van der Waals surface area contributed by atoms with Gasteiger partial charge >= 0.3 is 0 Å². The predicted octanol–water partition coefficient (Wildman–Crippen LogP) is -0.789. The lowest BCUT2D eigenvalue weighted by Gasteiger charge is -2.22. The number of ether oxygens (including phenoxy) is 1. The van der Waals surface area contributed by atoms with Crippen LogP contribution in [-0.2, 0) is 26.1 Å². The highest BCUT2D eigenvalue weighted by Crippen LogP contribution is 1.99. The van der Waals surface area contributed by atoms with Crippen LogP contribution in [0.1, 0.15) is 5.56 Å². The number of hydrogen-bond donors (Lipinski definition) is 3. The monoisotopic (exact) mass is 327 g/mol. The van der Waals surface area contributed by atoms with Gasteiger partial charge in [0.25, 0.3) is 0 Å². The van der Waals surface area contributed by atoms with Crippen LogP contribution in [0.4, 0.5) is 0 Å². The number of morpholine rings is 1. The molecule has 122 valence electrons. The molecule has 0 spiro atoms. The third kappa shape index (κ3) is 5.72. The molecule has 2 rings (SSSR count). The molecule has 1 atom stereocenters. The number of amides is 1. The molecule has 0 bridgehead atoms. The van der Waals surface area contributed by atoms with Crippen molar-refractivity contribution in [3.63, 3.8) is 0 Å². The van der Waals surface area contributed by atoms with E-state index in [1.807, 2.05) is 30.3 Å². The molecule has 0 saturated carbocycles. The van der Waals surface area contributed by atoms with Crippen molar-refractivity contribution in [2.45, 2.75) is 12.6 Å². The highest BCUT2D eigenvalue weighted by Gasteiger charge is 2.21. The number of sulfonamides is 1. The molecular weight excluding hydrogens is 306 g/mol. The molecule has 1 aromatic rings. The van der Waals surface area contributed by atoms with E-state index in [2.05, 4.69) is 15.4 Å². The van der Waals surface area contributed by atoms with Crippen molar-refractivity contribution in [1.29, 1.82) is 0 Å². The number of hydrogen-bond acceptors (Lipinski definition) is 5. The average molecular weight is 327 g/mol. The van der Waals surface area contributed by atoms with E-state index < -0.39 is 16.1 Å². The van der Waals surface area contributed by atoms with E-state index in [0.717, 1.165) is 5.56 Å². The number of rotatable bonds is 7. The summed E-state index contributed by atoms with van der Waals surface area (Å²) in [5, 5.41) is 5.62. The fraction of sp³-hybridized carbons (Fsp3) is 0.500. The van der Waals surface area contributed by atoms with E-state index >= 15 is 0 Å². The van der Waals surface area contributed by atoms with Crippen LogP contribution in [-0.4, -0.2) is 52.4 Å². The molecule has 8 heteroatoms. The van der Waals surface area contributed by atoms with Crippen molar-refractivity contribution in [2.24, 2.45) is 0 Å². The average Bonchev–Trinajstić information content (AvgIpc) is 2.55. The zero-order valence-electron chi connectivity index (χ0n) is 12.2. The Balaban J connectivity index is 1.69. The first-order chi connectivity index (χ1) is 10.6. The van der Waals surface area contributed by atoms with Crippen LogP contribution < -0.4 is 15.4 Å². The number of carbonyl (C=O) groups excluding carboxylic acids is 1. The fourth-order valence-corrected chi connectivity index (χ4v) is 2.93. The van der Waals surface area contributed by atoms with Crippen LogP contribution in [0, 0.1) is 0 Å². The topological polar surface area (TPSA) is 96.5 Å². The minimum atomic E-state index is -3.42. The number of benzene rings is 1. The lowest BCUT2D eigenvalue weighted by Crippen LogP contribution is -2.52. The van der Waals surface area contributed by atoms with Gasteiger partial charge in [0.15, 0.2) is 0 Å². The van der Waals surface area contributed by atoms with Gasteiger partial charge in [0.05, 0.1) is 19.0 Å². The Morgan fingerprint density at radius 1 is 1.32 bits per heavy atom. The van der Waals surface area contributed by atoms with Gasteiger partial charge in [0.1, 0.15) is 6.04 Å². The van der Waals surface area contributed by atoms with Gasteiger partial charge in [-0.05, 0) is 5.56 Å². The molecule has 1 fully saturated rings. The maximum absolute atomic E-state index is 11.9. The summed E-state index contributed by atoms with van der Waals surface area (Å²) in [6, 6.07) is 8.86. The zero-order valence-corrected chi connectivity index (χ0v) is 13.1. The van der Waals surface area contributed by atoms with E-state index in [0.29, 0.717) is 19.8 Å². The first-order valence-electron chi connectivity index (χ1n) is 7.17. The molecule has 22 heavy (non-hydrogen) atoms.